The molecule has 5 heteroatoms. The topological polar surface area (TPSA) is 61.3 Å². The number of hydrogen-bond donors (Lipinski definition) is 2. The standard InChI is InChI=1S/C15H18N4O/c20-11-7-8-19(9-11)15-14(16-10-5-6-10)17-12-3-1-2-4-13(12)18-15/h1-4,10-11,20H,5-9H2,(H,16,17). The molecule has 2 N–H and O–H groups in total. The largest absolute Gasteiger partial charge is 0.391 e. The highest BCUT2D eigenvalue weighted by atomic mass is 16.3. The normalized spacial score (nSPS) is 22.4. The minimum atomic E-state index is -0.253. The first-order valence-corrected chi connectivity index (χ1v) is 7.26. The van der Waals surface area contributed by atoms with E-state index in [-0.39, 0.29) is 6.10 Å². The molecule has 0 amide bonds. The van der Waals surface area contributed by atoms with Crippen LogP contribution in [0.5, 0.6) is 0 Å². The predicted octanol–water partition coefficient (Wildman–Crippen LogP) is 1.78. The van der Waals surface area contributed by atoms with Gasteiger partial charge >= 0.3 is 0 Å². The van der Waals surface area contributed by atoms with Crippen molar-refractivity contribution in [2.45, 2.75) is 31.4 Å². The smallest absolute Gasteiger partial charge is 0.172 e. The summed E-state index contributed by atoms with van der Waals surface area (Å²) in [5.41, 5.74) is 1.82. The van der Waals surface area contributed by atoms with Gasteiger partial charge in [-0.2, -0.15) is 0 Å². The van der Waals surface area contributed by atoms with Crippen LogP contribution in [0.2, 0.25) is 0 Å². The molecule has 4 rings (SSSR count). The first-order chi connectivity index (χ1) is 9.79. The summed E-state index contributed by atoms with van der Waals surface area (Å²) in [6.45, 7) is 1.49. The average molecular weight is 270 g/mol. The lowest BCUT2D eigenvalue weighted by atomic mass is 10.3. The Bertz CT molecular complexity index is 641. The zero-order chi connectivity index (χ0) is 13.5. The van der Waals surface area contributed by atoms with Crippen LogP contribution >= 0.6 is 0 Å². The molecule has 1 atom stereocenters. The predicted molar refractivity (Wildman–Crippen MR) is 79.0 cm³/mol. The lowest BCUT2D eigenvalue weighted by Gasteiger charge is -2.20. The second kappa shape index (κ2) is 4.59. The van der Waals surface area contributed by atoms with E-state index in [1.54, 1.807) is 0 Å². The fourth-order valence-corrected chi connectivity index (χ4v) is 2.66. The van der Waals surface area contributed by atoms with Gasteiger partial charge in [0.15, 0.2) is 11.6 Å². The van der Waals surface area contributed by atoms with Crippen LogP contribution in [0.4, 0.5) is 11.6 Å². The van der Waals surface area contributed by atoms with Gasteiger partial charge in [0.25, 0.3) is 0 Å². The second-order valence-corrected chi connectivity index (χ2v) is 5.69. The zero-order valence-electron chi connectivity index (χ0n) is 11.3. The van der Waals surface area contributed by atoms with Crippen molar-refractivity contribution in [1.29, 1.82) is 0 Å². The summed E-state index contributed by atoms with van der Waals surface area (Å²) in [4.78, 5) is 11.6. The van der Waals surface area contributed by atoms with Crippen molar-refractivity contribution in [3.8, 4) is 0 Å². The quantitative estimate of drug-likeness (QED) is 0.890. The maximum Gasteiger partial charge on any atom is 0.172 e. The molecule has 0 spiro atoms. The van der Waals surface area contributed by atoms with Gasteiger partial charge in [-0.05, 0) is 31.4 Å². The lowest BCUT2D eigenvalue weighted by Crippen LogP contribution is -2.24. The van der Waals surface area contributed by atoms with Crippen LogP contribution in [0.15, 0.2) is 24.3 Å². The Morgan fingerprint density at radius 1 is 1.10 bits per heavy atom. The number of nitrogens with zero attached hydrogens (tertiary/aromatic N) is 3. The van der Waals surface area contributed by atoms with E-state index >= 15 is 0 Å². The van der Waals surface area contributed by atoms with Crippen molar-refractivity contribution in [2.75, 3.05) is 23.3 Å². The summed E-state index contributed by atoms with van der Waals surface area (Å²) in [5, 5.41) is 13.2. The van der Waals surface area contributed by atoms with E-state index in [9.17, 15) is 5.11 Å². The Kier molecular flexibility index (Phi) is 2.73. The number of benzene rings is 1. The molecule has 1 aromatic heterocycles. The summed E-state index contributed by atoms with van der Waals surface area (Å²) < 4.78 is 0. The maximum absolute atomic E-state index is 9.75. The Balaban J connectivity index is 1.78. The first-order valence-electron chi connectivity index (χ1n) is 7.26. The molecule has 2 aliphatic rings. The molecule has 1 saturated heterocycles. The van der Waals surface area contributed by atoms with Crippen molar-refractivity contribution in [3.63, 3.8) is 0 Å². The number of aliphatic hydroxyl groups excluding tert-OH is 1. The van der Waals surface area contributed by atoms with E-state index in [1.807, 2.05) is 24.3 Å². The molecule has 2 aromatic rings. The van der Waals surface area contributed by atoms with Gasteiger partial charge in [-0.15, -0.1) is 0 Å². The third-order valence-corrected chi connectivity index (χ3v) is 3.93. The van der Waals surface area contributed by atoms with Crippen molar-refractivity contribution in [1.82, 2.24) is 9.97 Å². The van der Waals surface area contributed by atoms with E-state index in [0.29, 0.717) is 12.6 Å². The average Bonchev–Trinajstić information content (AvgIpc) is 3.17. The summed E-state index contributed by atoms with van der Waals surface area (Å²) in [6, 6.07) is 8.48. The molecule has 1 aliphatic carbocycles. The van der Waals surface area contributed by atoms with Gasteiger partial charge in [0.1, 0.15) is 0 Å². The number of rotatable bonds is 3. The first kappa shape index (κ1) is 11.9. The van der Waals surface area contributed by atoms with Gasteiger partial charge in [0, 0.05) is 19.1 Å². The number of para-hydroxylation sites is 2. The van der Waals surface area contributed by atoms with Crippen LogP contribution in [-0.2, 0) is 0 Å². The van der Waals surface area contributed by atoms with E-state index in [1.165, 1.54) is 12.8 Å². The molecule has 1 aromatic carbocycles. The Morgan fingerprint density at radius 2 is 1.85 bits per heavy atom. The molecular formula is C15H18N4O. The molecule has 5 nitrogen and oxygen atoms in total. The summed E-state index contributed by atoms with van der Waals surface area (Å²) in [6.07, 6.45) is 2.96. The van der Waals surface area contributed by atoms with Crippen LogP contribution in [-0.4, -0.2) is 40.3 Å². The number of aliphatic hydroxyl groups is 1. The van der Waals surface area contributed by atoms with E-state index in [2.05, 4.69) is 10.2 Å². The van der Waals surface area contributed by atoms with Crippen LogP contribution in [0, 0.1) is 0 Å². The van der Waals surface area contributed by atoms with Gasteiger partial charge in [-0.1, -0.05) is 12.1 Å². The monoisotopic (exact) mass is 270 g/mol. The minimum absolute atomic E-state index is 0.253. The summed E-state index contributed by atoms with van der Waals surface area (Å²) in [5.74, 6) is 1.74. The van der Waals surface area contributed by atoms with E-state index in [0.717, 1.165) is 35.6 Å². The van der Waals surface area contributed by atoms with Gasteiger partial charge in [0.2, 0.25) is 0 Å². The highest BCUT2D eigenvalue weighted by molar-refractivity contribution is 5.80. The Morgan fingerprint density at radius 3 is 2.50 bits per heavy atom. The fraction of sp³-hybridized carbons (Fsp3) is 0.467. The van der Waals surface area contributed by atoms with E-state index < -0.39 is 0 Å². The van der Waals surface area contributed by atoms with E-state index in [4.69, 9.17) is 9.97 Å². The van der Waals surface area contributed by atoms with Crippen LogP contribution in [0.1, 0.15) is 19.3 Å². The van der Waals surface area contributed by atoms with Gasteiger partial charge in [0.05, 0.1) is 17.1 Å². The molecule has 1 saturated carbocycles. The molecule has 2 fully saturated rings. The highest BCUT2D eigenvalue weighted by Gasteiger charge is 2.28. The van der Waals surface area contributed by atoms with Crippen LogP contribution < -0.4 is 10.2 Å². The molecule has 104 valence electrons. The van der Waals surface area contributed by atoms with Gasteiger partial charge in [-0.3, -0.25) is 0 Å². The zero-order valence-corrected chi connectivity index (χ0v) is 11.3. The molecule has 0 bridgehead atoms. The number of hydrogen-bond acceptors (Lipinski definition) is 5. The molecule has 0 radical (unpaired) electrons. The number of β-amino-alcohol motifs (C(OH)–C–C–N with tert-alkyl or cyclic N) is 1. The molecule has 20 heavy (non-hydrogen) atoms. The Hall–Kier alpha value is -1.88. The number of nitrogens with one attached hydrogen (secondary N) is 1. The van der Waals surface area contributed by atoms with Crippen molar-refractivity contribution >= 4 is 22.7 Å². The Labute approximate surface area is 117 Å². The third-order valence-electron chi connectivity index (χ3n) is 3.93. The second-order valence-electron chi connectivity index (χ2n) is 5.69. The minimum Gasteiger partial charge on any atom is -0.391 e. The molecule has 2 heterocycles. The maximum atomic E-state index is 9.75. The van der Waals surface area contributed by atoms with Crippen molar-refractivity contribution in [3.05, 3.63) is 24.3 Å². The molecule has 1 aliphatic heterocycles. The number of anilines is 2. The number of fused-ring (bicyclic) bond motifs is 1. The highest BCUT2D eigenvalue weighted by Crippen LogP contribution is 2.32. The number of aromatic nitrogens is 2. The summed E-state index contributed by atoms with van der Waals surface area (Å²) in [7, 11) is 0. The molecule has 1 unspecified atom stereocenters. The summed E-state index contributed by atoms with van der Waals surface area (Å²) >= 11 is 0. The van der Waals surface area contributed by atoms with Gasteiger partial charge in [-0.25, -0.2) is 9.97 Å². The fourth-order valence-electron chi connectivity index (χ4n) is 2.66. The van der Waals surface area contributed by atoms with Crippen LogP contribution in [0.25, 0.3) is 11.0 Å². The third kappa shape index (κ3) is 2.18. The van der Waals surface area contributed by atoms with Crippen LogP contribution in [0.3, 0.4) is 0 Å². The van der Waals surface area contributed by atoms with Gasteiger partial charge < -0.3 is 15.3 Å². The molecular weight excluding hydrogens is 252 g/mol. The lowest BCUT2D eigenvalue weighted by molar-refractivity contribution is 0.198. The SMILES string of the molecule is OC1CCN(c2nc3ccccc3nc2NC2CC2)C1. The van der Waals surface area contributed by atoms with Crippen molar-refractivity contribution in [2.24, 2.45) is 0 Å². The van der Waals surface area contributed by atoms with Crippen molar-refractivity contribution < 1.29 is 5.11 Å².